The monoisotopic (exact) mass is 354 g/mol. The van der Waals surface area contributed by atoms with Crippen LogP contribution < -0.4 is 15.5 Å². The molecule has 1 aromatic heterocycles. The van der Waals surface area contributed by atoms with Crippen LogP contribution in [-0.2, 0) is 20.0 Å². The Bertz CT molecular complexity index is 735. The fraction of sp³-hybridized carbons (Fsp3) is 0.500. The molecule has 0 amide bonds. The average molecular weight is 355 g/mol. The van der Waals surface area contributed by atoms with E-state index in [0.29, 0.717) is 6.04 Å². The highest BCUT2D eigenvalue weighted by atomic mass is 15.3. The number of nitrogens with one attached hydrogen (secondary N) is 2. The standard InChI is InChI=1S/C20H30N6/c1-4-16-8-5-6-9-17(16)12-22-20(21-2)24-18-10-7-11-26(14-18)19-13-23-25(3)15-19/h5-6,8-9,13,15,18H,4,7,10-12,14H2,1-3H3,(H2,21,22,24). The normalized spacial score (nSPS) is 18.0. The van der Waals surface area contributed by atoms with Gasteiger partial charge < -0.3 is 15.5 Å². The van der Waals surface area contributed by atoms with Crippen LogP contribution in [0.2, 0.25) is 0 Å². The Morgan fingerprint density at radius 3 is 2.81 bits per heavy atom. The fourth-order valence-electron chi connectivity index (χ4n) is 3.54. The third kappa shape index (κ3) is 4.56. The molecule has 1 aliphatic heterocycles. The molecule has 3 rings (SSSR count). The number of aliphatic imine (C=N–C) groups is 1. The van der Waals surface area contributed by atoms with E-state index in [1.54, 1.807) is 0 Å². The molecule has 26 heavy (non-hydrogen) atoms. The Kier molecular flexibility index (Phi) is 6.15. The number of piperidine rings is 1. The van der Waals surface area contributed by atoms with Crippen LogP contribution >= 0.6 is 0 Å². The van der Waals surface area contributed by atoms with Crippen molar-refractivity contribution in [3.05, 3.63) is 47.8 Å². The molecule has 6 nitrogen and oxygen atoms in total. The fourth-order valence-corrected chi connectivity index (χ4v) is 3.54. The van der Waals surface area contributed by atoms with Crippen molar-refractivity contribution >= 4 is 11.6 Å². The maximum Gasteiger partial charge on any atom is 0.191 e. The van der Waals surface area contributed by atoms with Crippen LogP contribution in [0.5, 0.6) is 0 Å². The van der Waals surface area contributed by atoms with Gasteiger partial charge in [-0.05, 0) is 30.4 Å². The molecule has 0 bridgehead atoms. The summed E-state index contributed by atoms with van der Waals surface area (Å²) in [7, 11) is 3.80. The predicted octanol–water partition coefficient (Wildman–Crippen LogP) is 2.32. The second kappa shape index (κ2) is 8.74. The number of rotatable bonds is 5. The summed E-state index contributed by atoms with van der Waals surface area (Å²) < 4.78 is 1.86. The van der Waals surface area contributed by atoms with Gasteiger partial charge in [0.25, 0.3) is 0 Å². The zero-order valence-corrected chi connectivity index (χ0v) is 16.1. The zero-order chi connectivity index (χ0) is 18.4. The van der Waals surface area contributed by atoms with Crippen LogP contribution in [0.15, 0.2) is 41.7 Å². The number of aryl methyl sites for hydroxylation is 2. The van der Waals surface area contributed by atoms with Gasteiger partial charge in [0.2, 0.25) is 0 Å². The summed E-state index contributed by atoms with van der Waals surface area (Å²) in [6.07, 6.45) is 7.39. The molecule has 1 atom stereocenters. The number of nitrogens with zero attached hydrogens (tertiary/aromatic N) is 4. The molecule has 0 radical (unpaired) electrons. The maximum atomic E-state index is 4.41. The SMILES string of the molecule is CCc1ccccc1CNC(=NC)NC1CCCN(c2cnn(C)c2)C1. The molecular formula is C20H30N6. The number of hydrogen-bond donors (Lipinski definition) is 2. The third-order valence-corrected chi connectivity index (χ3v) is 4.99. The lowest BCUT2D eigenvalue weighted by Crippen LogP contribution is -2.51. The Labute approximate surface area is 156 Å². The molecular weight excluding hydrogens is 324 g/mol. The first-order chi connectivity index (χ1) is 12.7. The van der Waals surface area contributed by atoms with E-state index in [9.17, 15) is 0 Å². The van der Waals surface area contributed by atoms with Crippen LogP contribution in [0.3, 0.4) is 0 Å². The molecule has 1 saturated heterocycles. The van der Waals surface area contributed by atoms with E-state index in [1.165, 1.54) is 23.2 Å². The molecule has 0 aliphatic carbocycles. The van der Waals surface area contributed by atoms with Gasteiger partial charge in [-0.25, -0.2) is 0 Å². The van der Waals surface area contributed by atoms with Crippen LogP contribution in [0, 0.1) is 0 Å². The van der Waals surface area contributed by atoms with E-state index in [2.05, 4.69) is 63.0 Å². The summed E-state index contributed by atoms with van der Waals surface area (Å²) in [6.45, 7) is 5.04. The van der Waals surface area contributed by atoms with Crippen molar-refractivity contribution in [1.29, 1.82) is 0 Å². The molecule has 1 aromatic carbocycles. The van der Waals surface area contributed by atoms with Crippen molar-refractivity contribution in [2.24, 2.45) is 12.0 Å². The van der Waals surface area contributed by atoms with E-state index in [4.69, 9.17) is 0 Å². The minimum atomic E-state index is 0.386. The van der Waals surface area contributed by atoms with Gasteiger partial charge >= 0.3 is 0 Å². The van der Waals surface area contributed by atoms with Crippen molar-refractivity contribution in [3.63, 3.8) is 0 Å². The van der Waals surface area contributed by atoms with Crippen LogP contribution in [-0.4, -0.2) is 41.9 Å². The summed E-state index contributed by atoms with van der Waals surface area (Å²) in [5, 5.41) is 11.4. The lowest BCUT2D eigenvalue weighted by molar-refractivity contribution is 0.468. The van der Waals surface area contributed by atoms with Crippen molar-refractivity contribution < 1.29 is 0 Å². The highest BCUT2D eigenvalue weighted by molar-refractivity contribution is 5.80. The smallest absolute Gasteiger partial charge is 0.191 e. The minimum Gasteiger partial charge on any atom is -0.367 e. The maximum absolute atomic E-state index is 4.41. The number of anilines is 1. The molecule has 2 heterocycles. The summed E-state index contributed by atoms with van der Waals surface area (Å²) in [6, 6.07) is 8.96. The molecule has 6 heteroatoms. The molecule has 0 saturated carbocycles. The minimum absolute atomic E-state index is 0.386. The van der Waals surface area contributed by atoms with E-state index >= 15 is 0 Å². The Morgan fingerprint density at radius 1 is 1.31 bits per heavy atom. The number of aromatic nitrogens is 2. The van der Waals surface area contributed by atoms with Crippen molar-refractivity contribution in [1.82, 2.24) is 20.4 Å². The van der Waals surface area contributed by atoms with Gasteiger partial charge in [0, 0.05) is 46.0 Å². The molecule has 2 aromatic rings. The molecule has 140 valence electrons. The highest BCUT2D eigenvalue weighted by Crippen LogP contribution is 2.19. The quantitative estimate of drug-likeness (QED) is 0.639. The molecule has 1 unspecified atom stereocenters. The number of benzene rings is 1. The van der Waals surface area contributed by atoms with Crippen LogP contribution in [0.25, 0.3) is 0 Å². The molecule has 1 fully saturated rings. The Hall–Kier alpha value is -2.50. The zero-order valence-electron chi connectivity index (χ0n) is 16.1. The molecule has 0 spiro atoms. The van der Waals surface area contributed by atoms with Gasteiger partial charge in [-0.1, -0.05) is 31.2 Å². The first kappa shape index (κ1) is 18.3. The van der Waals surface area contributed by atoms with E-state index < -0.39 is 0 Å². The number of hydrogen-bond acceptors (Lipinski definition) is 3. The van der Waals surface area contributed by atoms with Crippen molar-refractivity contribution in [2.45, 2.75) is 38.8 Å². The first-order valence-corrected chi connectivity index (χ1v) is 9.47. The highest BCUT2D eigenvalue weighted by Gasteiger charge is 2.21. The van der Waals surface area contributed by atoms with E-state index in [1.807, 2.05) is 25.0 Å². The summed E-state index contributed by atoms with van der Waals surface area (Å²) in [4.78, 5) is 6.81. The topological polar surface area (TPSA) is 57.5 Å². The molecule has 1 aliphatic rings. The summed E-state index contributed by atoms with van der Waals surface area (Å²) in [5.41, 5.74) is 3.91. The van der Waals surface area contributed by atoms with Crippen LogP contribution in [0.4, 0.5) is 5.69 Å². The Morgan fingerprint density at radius 2 is 2.12 bits per heavy atom. The van der Waals surface area contributed by atoms with Gasteiger partial charge in [0.05, 0.1) is 11.9 Å². The lowest BCUT2D eigenvalue weighted by Gasteiger charge is -2.34. The second-order valence-corrected chi connectivity index (χ2v) is 6.85. The first-order valence-electron chi connectivity index (χ1n) is 9.47. The molecule has 2 N–H and O–H groups in total. The van der Waals surface area contributed by atoms with Gasteiger partial charge in [0.1, 0.15) is 0 Å². The third-order valence-electron chi connectivity index (χ3n) is 4.99. The van der Waals surface area contributed by atoms with Gasteiger partial charge in [-0.3, -0.25) is 9.67 Å². The van der Waals surface area contributed by atoms with Crippen LogP contribution in [0.1, 0.15) is 30.9 Å². The largest absolute Gasteiger partial charge is 0.367 e. The average Bonchev–Trinajstić information content (AvgIpc) is 3.12. The predicted molar refractivity (Wildman–Crippen MR) is 108 cm³/mol. The Balaban J connectivity index is 1.56. The van der Waals surface area contributed by atoms with Gasteiger partial charge in [0.15, 0.2) is 5.96 Å². The van der Waals surface area contributed by atoms with E-state index in [0.717, 1.165) is 38.4 Å². The lowest BCUT2D eigenvalue weighted by atomic mass is 10.1. The summed E-state index contributed by atoms with van der Waals surface area (Å²) >= 11 is 0. The van der Waals surface area contributed by atoms with Gasteiger partial charge in [-0.2, -0.15) is 5.10 Å². The van der Waals surface area contributed by atoms with Crippen molar-refractivity contribution in [3.8, 4) is 0 Å². The van der Waals surface area contributed by atoms with E-state index in [-0.39, 0.29) is 0 Å². The summed E-state index contributed by atoms with van der Waals surface area (Å²) in [5.74, 6) is 0.869. The van der Waals surface area contributed by atoms with Gasteiger partial charge in [-0.15, -0.1) is 0 Å². The van der Waals surface area contributed by atoms with Crippen molar-refractivity contribution in [2.75, 3.05) is 25.0 Å². The number of guanidine groups is 1. The second-order valence-electron chi connectivity index (χ2n) is 6.85.